The summed E-state index contributed by atoms with van der Waals surface area (Å²) >= 11 is 0. The SMILES string of the molecule is COCCCNC(=O)CN(C)C(C)c1ccccc1. The van der Waals surface area contributed by atoms with Gasteiger partial charge in [-0.2, -0.15) is 0 Å². The Kier molecular flexibility index (Phi) is 7.15. The van der Waals surface area contributed by atoms with Crippen molar-refractivity contribution in [3.63, 3.8) is 0 Å². The van der Waals surface area contributed by atoms with Gasteiger partial charge in [-0.05, 0) is 26.0 Å². The van der Waals surface area contributed by atoms with Gasteiger partial charge in [0, 0.05) is 26.3 Å². The molecule has 0 saturated heterocycles. The van der Waals surface area contributed by atoms with Crippen LogP contribution in [-0.4, -0.2) is 44.7 Å². The molecule has 0 aliphatic carbocycles. The van der Waals surface area contributed by atoms with Crippen LogP contribution >= 0.6 is 0 Å². The van der Waals surface area contributed by atoms with E-state index in [0.29, 0.717) is 19.7 Å². The summed E-state index contributed by atoms with van der Waals surface area (Å²) in [5.41, 5.74) is 1.22. The predicted molar refractivity (Wildman–Crippen MR) is 77.0 cm³/mol. The first-order chi connectivity index (χ1) is 9.15. The van der Waals surface area contributed by atoms with Crippen LogP contribution < -0.4 is 5.32 Å². The number of hydrogen-bond donors (Lipinski definition) is 1. The molecule has 0 aliphatic rings. The molecule has 19 heavy (non-hydrogen) atoms. The van der Waals surface area contributed by atoms with Crippen LogP contribution in [0.25, 0.3) is 0 Å². The maximum absolute atomic E-state index is 11.8. The maximum atomic E-state index is 11.8. The fraction of sp³-hybridized carbons (Fsp3) is 0.533. The van der Waals surface area contributed by atoms with Gasteiger partial charge in [0.1, 0.15) is 0 Å². The molecule has 0 fully saturated rings. The molecule has 0 bridgehead atoms. The van der Waals surface area contributed by atoms with Crippen molar-refractivity contribution in [2.24, 2.45) is 0 Å². The highest BCUT2D eigenvalue weighted by Gasteiger charge is 2.14. The van der Waals surface area contributed by atoms with Crippen LogP contribution in [0.5, 0.6) is 0 Å². The molecule has 0 heterocycles. The zero-order valence-electron chi connectivity index (χ0n) is 12.1. The third kappa shape index (κ3) is 5.85. The van der Waals surface area contributed by atoms with Crippen molar-refractivity contribution < 1.29 is 9.53 Å². The molecule has 1 aromatic carbocycles. The van der Waals surface area contributed by atoms with Gasteiger partial charge in [-0.3, -0.25) is 9.69 Å². The molecular formula is C15H24N2O2. The summed E-state index contributed by atoms with van der Waals surface area (Å²) in [7, 11) is 3.63. The number of benzene rings is 1. The fourth-order valence-electron chi connectivity index (χ4n) is 1.85. The normalized spacial score (nSPS) is 12.4. The van der Waals surface area contributed by atoms with Crippen molar-refractivity contribution in [2.45, 2.75) is 19.4 Å². The van der Waals surface area contributed by atoms with Gasteiger partial charge in [0.05, 0.1) is 6.54 Å². The third-order valence-electron chi connectivity index (χ3n) is 3.18. The standard InChI is InChI=1S/C15H24N2O2/c1-13(14-8-5-4-6-9-14)17(2)12-15(18)16-10-7-11-19-3/h4-6,8-9,13H,7,10-12H2,1-3H3,(H,16,18). The molecule has 1 unspecified atom stereocenters. The summed E-state index contributed by atoms with van der Waals surface area (Å²) < 4.78 is 4.94. The number of methoxy groups -OCH3 is 1. The fourth-order valence-corrected chi connectivity index (χ4v) is 1.85. The van der Waals surface area contributed by atoms with Gasteiger partial charge in [0.25, 0.3) is 0 Å². The van der Waals surface area contributed by atoms with E-state index in [2.05, 4.69) is 24.4 Å². The van der Waals surface area contributed by atoms with Crippen LogP contribution in [0.4, 0.5) is 0 Å². The lowest BCUT2D eigenvalue weighted by Gasteiger charge is -2.24. The van der Waals surface area contributed by atoms with E-state index in [1.807, 2.05) is 30.1 Å². The topological polar surface area (TPSA) is 41.6 Å². The summed E-state index contributed by atoms with van der Waals surface area (Å²) in [6, 6.07) is 10.4. The van der Waals surface area contributed by atoms with Crippen molar-refractivity contribution >= 4 is 5.91 Å². The summed E-state index contributed by atoms with van der Waals surface area (Å²) in [4.78, 5) is 13.8. The lowest BCUT2D eigenvalue weighted by Crippen LogP contribution is -2.37. The Hall–Kier alpha value is -1.39. The first kappa shape index (κ1) is 15.7. The highest BCUT2D eigenvalue weighted by Crippen LogP contribution is 2.17. The van der Waals surface area contributed by atoms with Crippen LogP contribution in [0.3, 0.4) is 0 Å². The molecule has 1 aromatic rings. The molecule has 0 spiro atoms. The smallest absolute Gasteiger partial charge is 0.234 e. The molecular weight excluding hydrogens is 240 g/mol. The highest BCUT2D eigenvalue weighted by atomic mass is 16.5. The van der Waals surface area contributed by atoms with E-state index in [1.54, 1.807) is 7.11 Å². The zero-order valence-corrected chi connectivity index (χ0v) is 12.1. The van der Waals surface area contributed by atoms with Crippen LogP contribution in [0.2, 0.25) is 0 Å². The Morgan fingerprint density at radius 2 is 2.05 bits per heavy atom. The van der Waals surface area contributed by atoms with Gasteiger partial charge in [-0.15, -0.1) is 0 Å². The van der Waals surface area contributed by atoms with Crippen molar-refractivity contribution in [3.8, 4) is 0 Å². The first-order valence-corrected chi connectivity index (χ1v) is 6.66. The zero-order chi connectivity index (χ0) is 14.1. The van der Waals surface area contributed by atoms with E-state index in [-0.39, 0.29) is 11.9 Å². The number of hydrogen-bond acceptors (Lipinski definition) is 3. The van der Waals surface area contributed by atoms with Crippen molar-refractivity contribution in [2.75, 3.05) is 33.9 Å². The number of rotatable bonds is 8. The summed E-state index contributed by atoms with van der Waals surface area (Å²) in [5, 5.41) is 2.89. The second-order valence-electron chi connectivity index (χ2n) is 4.70. The Labute approximate surface area is 115 Å². The monoisotopic (exact) mass is 264 g/mol. The highest BCUT2D eigenvalue weighted by molar-refractivity contribution is 5.77. The number of carbonyl (C=O) groups is 1. The lowest BCUT2D eigenvalue weighted by atomic mass is 10.1. The number of likely N-dealkylation sites (N-methyl/N-ethyl adjacent to an activating group) is 1. The molecule has 0 aliphatic heterocycles. The largest absolute Gasteiger partial charge is 0.385 e. The minimum atomic E-state index is 0.0568. The number of ether oxygens (including phenoxy) is 1. The maximum Gasteiger partial charge on any atom is 0.234 e. The Bertz CT molecular complexity index is 368. The van der Waals surface area contributed by atoms with E-state index in [9.17, 15) is 4.79 Å². The molecule has 1 N–H and O–H groups in total. The van der Waals surface area contributed by atoms with Gasteiger partial charge in [0.15, 0.2) is 0 Å². The lowest BCUT2D eigenvalue weighted by molar-refractivity contribution is -0.122. The molecule has 106 valence electrons. The number of amides is 1. The summed E-state index contributed by atoms with van der Waals surface area (Å²) in [6.45, 7) is 3.85. The average Bonchev–Trinajstić information content (AvgIpc) is 2.43. The molecule has 4 heteroatoms. The summed E-state index contributed by atoms with van der Waals surface area (Å²) in [5.74, 6) is 0.0568. The molecule has 0 saturated carbocycles. The third-order valence-corrected chi connectivity index (χ3v) is 3.18. The minimum Gasteiger partial charge on any atom is -0.385 e. The second kappa shape index (κ2) is 8.67. The van der Waals surface area contributed by atoms with Gasteiger partial charge < -0.3 is 10.1 Å². The van der Waals surface area contributed by atoms with Crippen LogP contribution in [-0.2, 0) is 9.53 Å². The Morgan fingerprint density at radius 3 is 2.68 bits per heavy atom. The van der Waals surface area contributed by atoms with Gasteiger partial charge in [-0.25, -0.2) is 0 Å². The van der Waals surface area contributed by atoms with Crippen LogP contribution in [0, 0.1) is 0 Å². The Morgan fingerprint density at radius 1 is 1.37 bits per heavy atom. The minimum absolute atomic E-state index is 0.0568. The molecule has 1 rings (SSSR count). The summed E-state index contributed by atoms with van der Waals surface area (Å²) in [6.07, 6.45) is 0.847. The van der Waals surface area contributed by atoms with Gasteiger partial charge in [0.2, 0.25) is 5.91 Å². The van der Waals surface area contributed by atoms with Gasteiger partial charge >= 0.3 is 0 Å². The van der Waals surface area contributed by atoms with Gasteiger partial charge in [-0.1, -0.05) is 30.3 Å². The molecule has 0 aromatic heterocycles. The quantitative estimate of drug-likeness (QED) is 0.728. The predicted octanol–water partition coefficient (Wildman–Crippen LogP) is 1.83. The second-order valence-corrected chi connectivity index (χ2v) is 4.70. The molecule has 4 nitrogen and oxygen atoms in total. The number of nitrogens with one attached hydrogen (secondary N) is 1. The number of carbonyl (C=O) groups excluding carboxylic acids is 1. The molecule has 1 amide bonds. The van der Waals surface area contributed by atoms with Crippen molar-refractivity contribution in [1.29, 1.82) is 0 Å². The first-order valence-electron chi connectivity index (χ1n) is 6.66. The average molecular weight is 264 g/mol. The van der Waals surface area contributed by atoms with E-state index >= 15 is 0 Å². The Balaban J connectivity index is 2.33. The number of nitrogens with zero attached hydrogens (tertiary/aromatic N) is 1. The van der Waals surface area contributed by atoms with Crippen LogP contribution in [0.15, 0.2) is 30.3 Å². The van der Waals surface area contributed by atoms with Crippen molar-refractivity contribution in [1.82, 2.24) is 10.2 Å². The molecule has 1 atom stereocenters. The van der Waals surface area contributed by atoms with E-state index < -0.39 is 0 Å². The molecule has 0 radical (unpaired) electrons. The van der Waals surface area contributed by atoms with Crippen molar-refractivity contribution in [3.05, 3.63) is 35.9 Å². The van der Waals surface area contributed by atoms with Crippen LogP contribution in [0.1, 0.15) is 24.9 Å². The van der Waals surface area contributed by atoms with E-state index in [4.69, 9.17) is 4.74 Å². The van der Waals surface area contributed by atoms with E-state index in [0.717, 1.165) is 6.42 Å². The van der Waals surface area contributed by atoms with E-state index in [1.165, 1.54) is 5.56 Å².